The van der Waals surface area contributed by atoms with Crippen molar-refractivity contribution in [2.24, 2.45) is 0 Å². The number of hydrogen-bond donors (Lipinski definition) is 1. The summed E-state index contributed by atoms with van der Waals surface area (Å²) in [5.41, 5.74) is 0.616. The first-order chi connectivity index (χ1) is 9.70. The van der Waals surface area contributed by atoms with Gasteiger partial charge in [-0.05, 0) is 19.4 Å². The molecule has 116 valence electrons. The van der Waals surface area contributed by atoms with Gasteiger partial charge >= 0.3 is 18.1 Å². The molecule has 0 aromatic heterocycles. The Morgan fingerprint density at radius 3 is 2.24 bits per heavy atom. The molecule has 1 aromatic carbocycles. The quantitative estimate of drug-likeness (QED) is 0.849. The van der Waals surface area contributed by atoms with E-state index in [1.807, 2.05) is 0 Å². The van der Waals surface area contributed by atoms with Crippen molar-refractivity contribution in [2.45, 2.75) is 38.6 Å². The summed E-state index contributed by atoms with van der Waals surface area (Å²) in [5, 5.41) is 1.67. The van der Waals surface area contributed by atoms with Gasteiger partial charge in [0.25, 0.3) is 0 Å². The smallest absolute Gasteiger partial charge is 0.461 e. The third-order valence-corrected chi connectivity index (χ3v) is 2.48. The van der Waals surface area contributed by atoms with Crippen LogP contribution in [0.25, 0.3) is 0 Å². The molecule has 0 spiro atoms. The predicted octanol–water partition coefficient (Wildman–Crippen LogP) is 2.23. The Kier molecular flexibility index (Phi) is 5.75. The Morgan fingerprint density at radius 1 is 1.19 bits per heavy atom. The fraction of sp³-hybridized carbons (Fsp3) is 0.429. The zero-order valence-corrected chi connectivity index (χ0v) is 11.6. The van der Waals surface area contributed by atoms with Crippen LogP contribution in [-0.2, 0) is 20.7 Å². The number of benzene rings is 1. The van der Waals surface area contributed by atoms with Gasteiger partial charge in [0, 0.05) is 6.42 Å². The van der Waals surface area contributed by atoms with Crippen molar-refractivity contribution < 1.29 is 27.5 Å². The van der Waals surface area contributed by atoms with Crippen LogP contribution in [0.1, 0.15) is 19.4 Å². The summed E-state index contributed by atoms with van der Waals surface area (Å²) >= 11 is 0. The molecule has 1 N–H and O–H groups in total. The Morgan fingerprint density at radius 2 is 1.76 bits per heavy atom. The summed E-state index contributed by atoms with van der Waals surface area (Å²) in [6.07, 6.45) is -5.61. The summed E-state index contributed by atoms with van der Waals surface area (Å²) < 4.78 is 41.8. The van der Waals surface area contributed by atoms with Crippen LogP contribution in [0.4, 0.5) is 13.2 Å². The lowest BCUT2D eigenvalue weighted by atomic mass is 10.1. The topological polar surface area (TPSA) is 55.4 Å². The Bertz CT molecular complexity index is 486. The molecular weight excluding hydrogens is 287 g/mol. The van der Waals surface area contributed by atoms with Crippen LogP contribution >= 0.6 is 0 Å². The molecule has 0 fully saturated rings. The molecule has 0 saturated heterocycles. The molecule has 0 aliphatic carbocycles. The molecule has 0 saturated carbocycles. The van der Waals surface area contributed by atoms with Crippen LogP contribution in [0.3, 0.4) is 0 Å². The summed E-state index contributed by atoms with van der Waals surface area (Å²) in [6.45, 7) is 3.14. The number of ether oxygens (including phenoxy) is 1. The molecule has 4 nitrogen and oxygen atoms in total. The maximum absolute atomic E-state index is 12.3. The Balaban J connectivity index is 2.84. The molecule has 1 amide bonds. The van der Waals surface area contributed by atoms with E-state index in [9.17, 15) is 22.8 Å². The predicted molar refractivity (Wildman–Crippen MR) is 69.4 cm³/mol. The number of nitrogens with one attached hydrogen (secondary N) is 1. The highest BCUT2D eigenvalue weighted by atomic mass is 19.4. The van der Waals surface area contributed by atoms with Gasteiger partial charge in [0.2, 0.25) is 0 Å². The van der Waals surface area contributed by atoms with Gasteiger partial charge in [-0.25, -0.2) is 4.79 Å². The van der Waals surface area contributed by atoms with Crippen molar-refractivity contribution in [1.82, 2.24) is 5.32 Å². The Hall–Kier alpha value is -2.05. The van der Waals surface area contributed by atoms with Crippen LogP contribution in [-0.4, -0.2) is 30.2 Å². The standard InChI is InChI=1S/C14H16F3NO3/c1-9(2)21-12(19)11(18-13(20)14(15,16)17)8-10-6-4-3-5-7-10/h3-7,9,11H,8H2,1-2H3,(H,18,20). The van der Waals surface area contributed by atoms with Gasteiger partial charge < -0.3 is 10.1 Å². The van der Waals surface area contributed by atoms with Gasteiger partial charge in [0.05, 0.1) is 6.10 Å². The van der Waals surface area contributed by atoms with E-state index in [0.717, 1.165) is 0 Å². The number of amides is 1. The van der Waals surface area contributed by atoms with Crippen molar-refractivity contribution in [3.05, 3.63) is 35.9 Å². The highest BCUT2D eigenvalue weighted by Crippen LogP contribution is 2.15. The number of carbonyl (C=O) groups is 2. The number of alkyl halides is 3. The van der Waals surface area contributed by atoms with Crippen LogP contribution in [0.2, 0.25) is 0 Å². The van der Waals surface area contributed by atoms with Crippen LogP contribution < -0.4 is 5.32 Å². The number of esters is 1. The van der Waals surface area contributed by atoms with Crippen molar-refractivity contribution in [2.75, 3.05) is 0 Å². The molecular formula is C14H16F3NO3. The minimum absolute atomic E-state index is 0.0752. The van der Waals surface area contributed by atoms with E-state index >= 15 is 0 Å². The van der Waals surface area contributed by atoms with Gasteiger partial charge in [-0.3, -0.25) is 4.79 Å². The number of rotatable bonds is 5. The maximum Gasteiger partial charge on any atom is 0.471 e. The summed E-state index contributed by atoms with van der Waals surface area (Å²) in [7, 11) is 0. The van der Waals surface area contributed by atoms with Gasteiger partial charge in [0.15, 0.2) is 0 Å². The summed E-state index contributed by atoms with van der Waals surface area (Å²) in [5.74, 6) is -3.06. The fourth-order valence-electron chi connectivity index (χ4n) is 1.60. The van der Waals surface area contributed by atoms with E-state index < -0.39 is 30.2 Å². The van der Waals surface area contributed by atoms with E-state index in [4.69, 9.17) is 4.74 Å². The Labute approximate surface area is 120 Å². The van der Waals surface area contributed by atoms with Crippen LogP contribution in [0.5, 0.6) is 0 Å². The van der Waals surface area contributed by atoms with Crippen molar-refractivity contribution in [1.29, 1.82) is 0 Å². The second-order valence-corrected chi connectivity index (χ2v) is 4.70. The van der Waals surface area contributed by atoms with E-state index in [0.29, 0.717) is 5.56 Å². The van der Waals surface area contributed by atoms with Crippen molar-refractivity contribution >= 4 is 11.9 Å². The molecule has 1 unspecified atom stereocenters. The lowest BCUT2D eigenvalue weighted by molar-refractivity contribution is -0.176. The largest absolute Gasteiger partial charge is 0.471 e. The van der Waals surface area contributed by atoms with Crippen molar-refractivity contribution in [3.63, 3.8) is 0 Å². The van der Waals surface area contributed by atoms with Gasteiger partial charge in [0.1, 0.15) is 6.04 Å². The molecule has 1 rings (SSSR count). The third-order valence-electron chi connectivity index (χ3n) is 2.48. The summed E-state index contributed by atoms with van der Waals surface area (Å²) in [4.78, 5) is 22.8. The van der Waals surface area contributed by atoms with E-state index in [1.165, 1.54) is 0 Å². The minimum atomic E-state index is -5.05. The minimum Gasteiger partial charge on any atom is -0.461 e. The first-order valence-corrected chi connectivity index (χ1v) is 6.32. The molecule has 7 heteroatoms. The van der Waals surface area contributed by atoms with Crippen molar-refractivity contribution in [3.8, 4) is 0 Å². The molecule has 21 heavy (non-hydrogen) atoms. The molecule has 0 aliphatic rings. The lowest BCUT2D eigenvalue weighted by Gasteiger charge is -2.20. The molecule has 1 atom stereocenters. The maximum atomic E-state index is 12.3. The average molecular weight is 303 g/mol. The van der Waals surface area contributed by atoms with Gasteiger partial charge in [-0.15, -0.1) is 0 Å². The molecule has 0 bridgehead atoms. The van der Waals surface area contributed by atoms with E-state index in [2.05, 4.69) is 0 Å². The second kappa shape index (κ2) is 7.10. The van der Waals surface area contributed by atoms with Gasteiger partial charge in [-0.2, -0.15) is 13.2 Å². The second-order valence-electron chi connectivity index (χ2n) is 4.70. The monoisotopic (exact) mass is 303 g/mol. The van der Waals surface area contributed by atoms with E-state index in [1.54, 1.807) is 49.5 Å². The number of halogens is 3. The van der Waals surface area contributed by atoms with E-state index in [-0.39, 0.29) is 6.42 Å². The van der Waals surface area contributed by atoms with Gasteiger partial charge in [-0.1, -0.05) is 30.3 Å². The first-order valence-electron chi connectivity index (χ1n) is 6.32. The normalized spacial score (nSPS) is 12.9. The average Bonchev–Trinajstić information content (AvgIpc) is 2.37. The third kappa shape index (κ3) is 5.85. The number of hydrogen-bond acceptors (Lipinski definition) is 3. The first kappa shape index (κ1) is 17.0. The highest BCUT2D eigenvalue weighted by Gasteiger charge is 2.41. The summed E-state index contributed by atoms with van der Waals surface area (Å²) in [6, 6.07) is 7.02. The molecule has 0 aliphatic heterocycles. The zero-order chi connectivity index (χ0) is 16.0. The van der Waals surface area contributed by atoms with Crippen LogP contribution in [0.15, 0.2) is 30.3 Å². The molecule has 1 aromatic rings. The lowest BCUT2D eigenvalue weighted by Crippen LogP contribution is -2.48. The fourth-order valence-corrected chi connectivity index (χ4v) is 1.60. The van der Waals surface area contributed by atoms with Crippen LogP contribution in [0, 0.1) is 0 Å². The molecule has 0 heterocycles. The molecule has 0 radical (unpaired) electrons. The SMILES string of the molecule is CC(C)OC(=O)C(Cc1ccccc1)NC(=O)C(F)(F)F. The highest BCUT2D eigenvalue weighted by molar-refractivity contribution is 5.87. The zero-order valence-electron chi connectivity index (χ0n) is 11.6. The number of carbonyl (C=O) groups excluding carboxylic acids is 2.